The molecule has 0 aliphatic heterocycles. The molecule has 3 heteroatoms. The van der Waals surface area contributed by atoms with E-state index in [2.05, 4.69) is 0 Å². The average Bonchev–Trinajstić information content (AvgIpc) is 2.77. The Morgan fingerprint density at radius 3 is 2.73 bits per heavy atom. The van der Waals surface area contributed by atoms with Crippen molar-refractivity contribution in [3.8, 4) is 5.75 Å². The molecule has 1 atom stereocenters. The Labute approximate surface area is 129 Å². The van der Waals surface area contributed by atoms with Gasteiger partial charge in [-0.2, -0.15) is 0 Å². The summed E-state index contributed by atoms with van der Waals surface area (Å²) in [5.74, 6) is 0.344. The third kappa shape index (κ3) is 2.50. The maximum Gasteiger partial charge on any atom is 0.343 e. The molecule has 22 heavy (non-hydrogen) atoms. The summed E-state index contributed by atoms with van der Waals surface area (Å²) in [7, 11) is 0. The minimum Gasteiger partial charge on any atom is -0.507 e. The third-order valence-corrected chi connectivity index (χ3v) is 4.04. The summed E-state index contributed by atoms with van der Waals surface area (Å²) in [6.07, 6.45) is 8.61. The summed E-state index contributed by atoms with van der Waals surface area (Å²) in [6.45, 7) is 2.00. The Hall–Kier alpha value is -2.55. The van der Waals surface area contributed by atoms with Crippen LogP contribution in [0.15, 0.2) is 57.8 Å². The Balaban J connectivity index is 2.19. The predicted octanol–water partition coefficient (Wildman–Crippen LogP) is 4.01. The number of hydrogen-bond donors (Lipinski definition) is 1. The molecule has 0 saturated heterocycles. The van der Waals surface area contributed by atoms with Crippen LogP contribution in [0.2, 0.25) is 0 Å². The van der Waals surface area contributed by atoms with E-state index in [1.807, 2.05) is 55.5 Å². The van der Waals surface area contributed by atoms with E-state index in [-0.39, 0.29) is 11.7 Å². The van der Waals surface area contributed by atoms with Gasteiger partial charge in [0, 0.05) is 11.5 Å². The zero-order chi connectivity index (χ0) is 15.5. The van der Waals surface area contributed by atoms with Gasteiger partial charge >= 0.3 is 5.63 Å². The average molecular weight is 294 g/mol. The van der Waals surface area contributed by atoms with E-state index in [0.29, 0.717) is 29.7 Å². The maximum atomic E-state index is 12.4. The van der Waals surface area contributed by atoms with Gasteiger partial charge in [-0.1, -0.05) is 55.5 Å². The van der Waals surface area contributed by atoms with Crippen molar-refractivity contribution in [2.45, 2.75) is 25.7 Å². The molecule has 0 amide bonds. The highest BCUT2D eigenvalue weighted by Crippen LogP contribution is 2.35. The lowest BCUT2D eigenvalue weighted by atomic mass is 9.88. The Kier molecular flexibility index (Phi) is 3.96. The second-order valence-electron chi connectivity index (χ2n) is 5.36. The number of rotatable bonds is 3. The molecule has 1 aliphatic rings. The lowest BCUT2D eigenvalue weighted by Gasteiger charge is -2.18. The van der Waals surface area contributed by atoms with Crippen molar-refractivity contribution in [3.05, 3.63) is 81.4 Å². The molecular weight excluding hydrogens is 276 g/mol. The van der Waals surface area contributed by atoms with Gasteiger partial charge in [0.05, 0.1) is 5.56 Å². The van der Waals surface area contributed by atoms with Crippen molar-refractivity contribution >= 4 is 6.08 Å². The van der Waals surface area contributed by atoms with E-state index in [9.17, 15) is 9.90 Å². The van der Waals surface area contributed by atoms with Crippen molar-refractivity contribution < 1.29 is 9.52 Å². The highest BCUT2D eigenvalue weighted by molar-refractivity contribution is 5.58. The molecule has 112 valence electrons. The zero-order valence-electron chi connectivity index (χ0n) is 12.5. The molecule has 1 heterocycles. The standard InChI is InChI=1S/C19H18O3/c1-2-14(13-9-5-3-6-10-13)17-18(20)15-11-7-4-8-12-16(15)22-19(17)21/h3-10,12,14,20H,2,11H2,1H3/t14-/m0/s1. The first kappa shape index (κ1) is 14.4. The van der Waals surface area contributed by atoms with Crippen molar-refractivity contribution in [2.24, 2.45) is 0 Å². The van der Waals surface area contributed by atoms with Gasteiger partial charge in [-0.15, -0.1) is 0 Å². The van der Waals surface area contributed by atoms with Crippen molar-refractivity contribution in [3.63, 3.8) is 0 Å². The topological polar surface area (TPSA) is 50.4 Å². The van der Waals surface area contributed by atoms with Gasteiger partial charge in [0.25, 0.3) is 0 Å². The van der Waals surface area contributed by atoms with Crippen LogP contribution in [0, 0.1) is 0 Å². The number of hydrogen-bond acceptors (Lipinski definition) is 3. The Bertz CT molecular complexity index is 782. The number of fused-ring (bicyclic) bond motifs is 1. The van der Waals surface area contributed by atoms with Crippen LogP contribution in [0.3, 0.4) is 0 Å². The number of allylic oxidation sites excluding steroid dienone is 3. The van der Waals surface area contributed by atoms with Gasteiger partial charge in [0.2, 0.25) is 0 Å². The van der Waals surface area contributed by atoms with Gasteiger partial charge in [-0.3, -0.25) is 0 Å². The first-order valence-corrected chi connectivity index (χ1v) is 7.49. The van der Waals surface area contributed by atoms with Crippen LogP contribution in [0.25, 0.3) is 6.08 Å². The van der Waals surface area contributed by atoms with Crippen LogP contribution in [0.4, 0.5) is 0 Å². The first-order valence-electron chi connectivity index (χ1n) is 7.49. The molecule has 0 fully saturated rings. The summed E-state index contributed by atoms with van der Waals surface area (Å²) in [5.41, 5.74) is 1.58. The fourth-order valence-corrected chi connectivity index (χ4v) is 2.93. The van der Waals surface area contributed by atoms with E-state index < -0.39 is 5.63 Å². The highest BCUT2D eigenvalue weighted by Gasteiger charge is 2.25. The number of benzene rings is 1. The molecule has 0 unspecified atom stereocenters. The van der Waals surface area contributed by atoms with Gasteiger partial charge in [-0.25, -0.2) is 4.79 Å². The van der Waals surface area contributed by atoms with Crippen LogP contribution >= 0.6 is 0 Å². The number of aromatic hydroxyl groups is 1. The SMILES string of the molecule is CC[C@@H](c1ccccc1)c1c(O)c2c(oc1=O)C=CC=CC2. The Morgan fingerprint density at radius 2 is 2.00 bits per heavy atom. The van der Waals surface area contributed by atoms with E-state index in [0.717, 1.165) is 5.56 Å². The molecule has 1 aromatic heterocycles. The molecule has 2 aromatic rings. The fourth-order valence-electron chi connectivity index (χ4n) is 2.93. The largest absolute Gasteiger partial charge is 0.507 e. The van der Waals surface area contributed by atoms with Crippen molar-refractivity contribution in [2.75, 3.05) is 0 Å². The summed E-state index contributed by atoms with van der Waals surface area (Å²) in [4.78, 5) is 12.4. The van der Waals surface area contributed by atoms with E-state index in [1.165, 1.54) is 0 Å². The summed E-state index contributed by atoms with van der Waals surface area (Å²) in [6, 6.07) is 9.75. The second kappa shape index (κ2) is 6.06. The highest BCUT2D eigenvalue weighted by atomic mass is 16.4. The normalized spacial score (nSPS) is 14.4. The van der Waals surface area contributed by atoms with E-state index in [1.54, 1.807) is 6.08 Å². The van der Waals surface area contributed by atoms with Gasteiger partial charge in [0.1, 0.15) is 11.5 Å². The molecular formula is C19H18O3. The van der Waals surface area contributed by atoms with Crippen molar-refractivity contribution in [1.82, 2.24) is 0 Å². The van der Waals surface area contributed by atoms with Crippen LogP contribution in [-0.4, -0.2) is 5.11 Å². The fraction of sp³-hybridized carbons (Fsp3) is 0.211. The smallest absolute Gasteiger partial charge is 0.343 e. The van der Waals surface area contributed by atoms with Gasteiger partial charge < -0.3 is 9.52 Å². The first-order chi connectivity index (χ1) is 10.7. The molecule has 1 aliphatic carbocycles. The summed E-state index contributed by atoms with van der Waals surface area (Å²) >= 11 is 0. The molecule has 3 rings (SSSR count). The molecule has 1 aromatic carbocycles. The van der Waals surface area contributed by atoms with Crippen LogP contribution < -0.4 is 5.63 Å². The molecule has 0 saturated carbocycles. The quantitative estimate of drug-likeness (QED) is 0.930. The monoisotopic (exact) mass is 294 g/mol. The van der Waals surface area contributed by atoms with Crippen LogP contribution in [0.1, 0.15) is 41.7 Å². The summed E-state index contributed by atoms with van der Waals surface area (Å²) in [5, 5.41) is 10.7. The van der Waals surface area contributed by atoms with Crippen LogP contribution in [0.5, 0.6) is 5.75 Å². The third-order valence-electron chi connectivity index (χ3n) is 4.04. The zero-order valence-corrected chi connectivity index (χ0v) is 12.5. The minimum atomic E-state index is -0.460. The molecule has 0 spiro atoms. The summed E-state index contributed by atoms with van der Waals surface area (Å²) < 4.78 is 5.45. The van der Waals surface area contributed by atoms with E-state index >= 15 is 0 Å². The van der Waals surface area contributed by atoms with E-state index in [4.69, 9.17) is 4.42 Å². The van der Waals surface area contributed by atoms with Gasteiger partial charge in [-0.05, 0) is 24.5 Å². The predicted molar refractivity (Wildman–Crippen MR) is 87.1 cm³/mol. The van der Waals surface area contributed by atoms with Crippen molar-refractivity contribution in [1.29, 1.82) is 0 Å². The van der Waals surface area contributed by atoms with Gasteiger partial charge in [0.15, 0.2) is 0 Å². The van der Waals surface area contributed by atoms with Crippen LogP contribution in [-0.2, 0) is 6.42 Å². The second-order valence-corrected chi connectivity index (χ2v) is 5.36. The minimum absolute atomic E-state index is 0.0677. The lowest BCUT2D eigenvalue weighted by Crippen LogP contribution is -2.16. The lowest BCUT2D eigenvalue weighted by molar-refractivity contribution is 0.417. The molecule has 3 nitrogen and oxygen atoms in total. The maximum absolute atomic E-state index is 12.4. The molecule has 0 bridgehead atoms. The molecule has 1 N–H and O–H groups in total. The molecule has 0 radical (unpaired) electrons. The Morgan fingerprint density at radius 1 is 1.23 bits per heavy atom.